The second-order valence-corrected chi connectivity index (χ2v) is 3.00. The molecule has 1 aromatic rings. The average molecular weight is 181 g/mol. The van der Waals surface area contributed by atoms with Crippen molar-refractivity contribution in [1.82, 2.24) is 0 Å². The van der Waals surface area contributed by atoms with E-state index in [1.54, 1.807) is 7.11 Å². The lowest BCUT2D eigenvalue weighted by Crippen LogP contribution is -2.12. The van der Waals surface area contributed by atoms with Crippen LogP contribution in [0.1, 0.15) is 17.2 Å². The van der Waals surface area contributed by atoms with E-state index in [1.807, 2.05) is 25.1 Å². The first-order valence-corrected chi connectivity index (χ1v) is 4.21. The average Bonchev–Trinajstić information content (AvgIpc) is 2.16. The smallest absolute Gasteiger partial charge is 0.124 e. The van der Waals surface area contributed by atoms with Gasteiger partial charge in [-0.2, -0.15) is 0 Å². The van der Waals surface area contributed by atoms with Crippen LogP contribution in [0.2, 0.25) is 0 Å². The van der Waals surface area contributed by atoms with E-state index >= 15 is 0 Å². The summed E-state index contributed by atoms with van der Waals surface area (Å²) < 4.78 is 5.13. The molecule has 1 aromatic carbocycles. The second-order valence-electron chi connectivity index (χ2n) is 3.00. The maximum Gasteiger partial charge on any atom is 0.124 e. The summed E-state index contributed by atoms with van der Waals surface area (Å²) in [6.45, 7) is 2.18. The highest BCUT2D eigenvalue weighted by Crippen LogP contribution is 2.25. The van der Waals surface area contributed by atoms with Crippen LogP contribution >= 0.6 is 0 Å². The van der Waals surface area contributed by atoms with Crippen molar-refractivity contribution in [2.45, 2.75) is 13.0 Å². The number of benzene rings is 1. The summed E-state index contributed by atoms with van der Waals surface area (Å²) in [5, 5.41) is 9.53. The Balaban J connectivity index is 3.05. The molecular weight excluding hydrogens is 166 g/mol. The Kier molecular flexibility index (Phi) is 3.28. The van der Waals surface area contributed by atoms with Gasteiger partial charge >= 0.3 is 0 Å². The van der Waals surface area contributed by atoms with E-state index in [2.05, 4.69) is 0 Å². The minimum absolute atomic E-state index is 0.208. The van der Waals surface area contributed by atoms with Gasteiger partial charge in [-0.3, -0.25) is 0 Å². The number of rotatable bonds is 3. The highest BCUT2D eigenvalue weighted by atomic mass is 16.5. The van der Waals surface area contributed by atoms with Gasteiger partial charge in [0.15, 0.2) is 0 Å². The van der Waals surface area contributed by atoms with Crippen LogP contribution in [-0.4, -0.2) is 18.8 Å². The van der Waals surface area contributed by atoms with E-state index in [0.29, 0.717) is 5.75 Å². The molecule has 0 unspecified atom stereocenters. The molecule has 0 radical (unpaired) electrons. The molecule has 3 N–H and O–H groups in total. The molecule has 0 amide bonds. The van der Waals surface area contributed by atoms with Gasteiger partial charge < -0.3 is 15.6 Å². The van der Waals surface area contributed by atoms with E-state index in [4.69, 9.17) is 10.5 Å². The topological polar surface area (TPSA) is 55.5 Å². The first-order chi connectivity index (χ1) is 6.19. The Hall–Kier alpha value is -1.06. The minimum atomic E-state index is -0.643. The SMILES string of the molecule is COc1cc(C)ccc1[C@H](O)CN. The van der Waals surface area contributed by atoms with E-state index < -0.39 is 6.10 Å². The molecule has 0 spiro atoms. The highest BCUT2D eigenvalue weighted by Gasteiger charge is 2.10. The fourth-order valence-electron chi connectivity index (χ4n) is 1.22. The molecule has 3 heteroatoms. The summed E-state index contributed by atoms with van der Waals surface area (Å²) in [5.41, 5.74) is 7.21. The summed E-state index contributed by atoms with van der Waals surface area (Å²) in [7, 11) is 1.58. The third-order valence-corrected chi connectivity index (χ3v) is 1.97. The van der Waals surface area contributed by atoms with Gasteiger partial charge in [-0.15, -0.1) is 0 Å². The number of nitrogens with two attached hydrogens (primary N) is 1. The summed E-state index contributed by atoms with van der Waals surface area (Å²) in [4.78, 5) is 0. The lowest BCUT2D eigenvalue weighted by molar-refractivity contribution is 0.182. The number of hydrogen-bond donors (Lipinski definition) is 2. The van der Waals surface area contributed by atoms with Crippen molar-refractivity contribution in [3.63, 3.8) is 0 Å². The number of aliphatic hydroxyl groups excluding tert-OH is 1. The van der Waals surface area contributed by atoms with Crippen molar-refractivity contribution in [3.8, 4) is 5.75 Å². The summed E-state index contributed by atoms with van der Waals surface area (Å²) in [6.07, 6.45) is -0.643. The lowest BCUT2D eigenvalue weighted by atomic mass is 10.1. The summed E-state index contributed by atoms with van der Waals surface area (Å²) in [6, 6.07) is 5.65. The van der Waals surface area contributed by atoms with Crippen molar-refractivity contribution in [3.05, 3.63) is 29.3 Å². The van der Waals surface area contributed by atoms with Gasteiger partial charge in [0.25, 0.3) is 0 Å². The monoisotopic (exact) mass is 181 g/mol. The van der Waals surface area contributed by atoms with Gasteiger partial charge in [-0.25, -0.2) is 0 Å². The summed E-state index contributed by atoms with van der Waals surface area (Å²) in [5.74, 6) is 0.693. The zero-order valence-electron chi connectivity index (χ0n) is 7.95. The summed E-state index contributed by atoms with van der Waals surface area (Å²) >= 11 is 0. The van der Waals surface area contributed by atoms with Crippen LogP contribution in [0, 0.1) is 6.92 Å². The van der Waals surface area contributed by atoms with Crippen LogP contribution in [-0.2, 0) is 0 Å². The first kappa shape index (κ1) is 10.0. The van der Waals surface area contributed by atoms with E-state index in [1.165, 1.54) is 0 Å². The molecule has 0 aliphatic rings. The third-order valence-electron chi connectivity index (χ3n) is 1.97. The van der Waals surface area contributed by atoms with E-state index in [-0.39, 0.29) is 6.54 Å². The molecule has 0 aliphatic carbocycles. The molecule has 0 bridgehead atoms. The molecule has 0 aromatic heterocycles. The Morgan fingerprint density at radius 2 is 2.23 bits per heavy atom. The fraction of sp³-hybridized carbons (Fsp3) is 0.400. The molecule has 0 saturated heterocycles. The van der Waals surface area contributed by atoms with Gasteiger partial charge in [-0.05, 0) is 18.6 Å². The quantitative estimate of drug-likeness (QED) is 0.731. The zero-order valence-corrected chi connectivity index (χ0v) is 7.95. The lowest BCUT2D eigenvalue weighted by Gasteiger charge is -2.13. The van der Waals surface area contributed by atoms with Gasteiger partial charge in [0.1, 0.15) is 5.75 Å². The molecule has 3 nitrogen and oxygen atoms in total. The Morgan fingerprint density at radius 3 is 2.77 bits per heavy atom. The Morgan fingerprint density at radius 1 is 1.54 bits per heavy atom. The Labute approximate surface area is 78.1 Å². The van der Waals surface area contributed by atoms with E-state index in [9.17, 15) is 5.11 Å². The fourth-order valence-corrected chi connectivity index (χ4v) is 1.22. The van der Waals surface area contributed by atoms with Crippen LogP contribution in [0.25, 0.3) is 0 Å². The maximum absolute atomic E-state index is 9.53. The standard InChI is InChI=1S/C10H15NO2/c1-7-3-4-8(9(12)6-11)10(5-7)13-2/h3-5,9,12H,6,11H2,1-2H3/t9-/m1/s1. The molecule has 0 fully saturated rings. The largest absolute Gasteiger partial charge is 0.496 e. The van der Waals surface area contributed by atoms with Gasteiger partial charge in [0.2, 0.25) is 0 Å². The molecule has 0 aliphatic heterocycles. The number of aliphatic hydroxyl groups is 1. The molecule has 72 valence electrons. The van der Waals surface area contributed by atoms with Gasteiger partial charge in [0.05, 0.1) is 13.2 Å². The van der Waals surface area contributed by atoms with Crippen LogP contribution in [0.15, 0.2) is 18.2 Å². The second kappa shape index (κ2) is 4.25. The van der Waals surface area contributed by atoms with Crippen LogP contribution in [0.5, 0.6) is 5.75 Å². The van der Waals surface area contributed by atoms with Crippen molar-refractivity contribution in [1.29, 1.82) is 0 Å². The molecule has 13 heavy (non-hydrogen) atoms. The predicted octanol–water partition coefficient (Wildman–Crippen LogP) is 0.996. The van der Waals surface area contributed by atoms with Crippen LogP contribution < -0.4 is 10.5 Å². The number of aryl methyl sites for hydroxylation is 1. The van der Waals surface area contributed by atoms with Gasteiger partial charge in [0, 0.05) is 12.1 Å². The molecule has 1 rings (SSSR count). The van der Waals surface area contributed by atoms with Crippen molar-refractivity contribution in [2.24, 2.45) is 5.73 Å². The highest BCUT2D eigenvalue weighted by molar-refractivity contribution is 5.38. The normalized spacial score (nSPS) is 12.6. The predicted molar refractivity (Wildman–Crippen MR) is 51.7 cm³/mol. The third kappa shape index (κ3) is 2.20. The number of ether oxygens (including phenoxy) is 1. The first-order valence-electron chi connectivity index (χ1n) is 4.21. The van der Waals surface area contributed by atoms with Crippen LogP contribution in [0.4, 0.5) is 0 Å². The molecule has 0 saturated carbocycles. The number of methoxy groups -OCH3 is 1. The van der Waals surface area contributed by atoms with Crippen molar-refractivity contribution in [2.75, 3.05) is 13.7 Å². The Bertz CT molecular complexity index is 286. The zero-order chi connectivity index (χ0) is 9.84. The van der Waals surface area contributed by atoms with Crippen molar-refractivity contribution < 1.29 is 9.84 Å². The molecule has 0 heterocycles. The van der Waals surface area contributed by atoms with Gasteiger partial charge in [-0.1, -0.05) is 12.1 Å². The molecular formula is C10H15NO2. The maximum atomic E-state index is 9.53. The number of hydrogen-bond acceptors (Lipinski definition) is 3. The molecule has 1 atom stereocenters. The minimum Gasteiger partial charge on any atom is -0.496 e. The van der Waals surface area contributed by atoms with Crippen molar-refractivity contribution >= 4 is 0 Å². The van der Waals surface area contributed by atoms with Crippen LogP contribution in [0.3, 0.4) is 0 Å². The van der Waals surface area contributed by atoms with E-state index in [0.717, 1.165) is 11.1 Å².